The van der Waals surface area contributed by atoms with Crippen LogP contribution < -0.4 is 4.72 Å². The summed E-state index contributed by atoms with van der Waals surface area (Å²) in [5.74, 6) is 0. The van der Waals surface area contributed by atoms with Crippen molar-refractivity contribution in [3.8, 4) is 0 Å². The minimum atomic E-state index is -3.70. The molecule has 8 heteroatoms. The molecular formula is C10H7N3O3S2. The number of nitrogens with zero attached hydrogens (tertiary/aromatic N) is 2. The quantitative estimate of drug-likeness (QED) is 0.794. The van der Waals surface area contributed by atoms with E-state index in [2.05, 4.69) is 14.7 Å². The molecule has 0 radical (unpaired) electrons. The molecule has 0 unspecified atom stereocenters. The third-order valence-electron chi connectivity index (χ3n) is 2.27. The summed E-state index contributed by atoms with van der Waals surface area (Å²) in [7, 11) is -3.70. The molecule has 0 saturated carbocycles. The number of rotatable bonds is 3. The lowest BCUT2D eigenvalue weighted by molar-refractivity contribution is 0.599. The van der Waals surface area contributed by atoms with E-state index in [1.807, 2.05) is 0 Å². The van der Waals surface area contributed by atoms with Crippen molar-refractivity contribution in [2.75, 3.05) is 4.72 Å². The normalized spacial score (nSPS) is 11.8. The average molecular weight is 281 g/mol. The standard InChI is InChI=1S/C10H7N3O3S2/c14-18(15,13-10-11-4-5-17-10)8-3-1-2-7-9(8)12-6-16-7/h1-6H,(H,11,13). The number of sulfonamides is 1. The van der Waals surface area contributed by atoms with Gasteiger partial charge in [0, 0.05) is 11.6 Å². The van der Waals surface area contributed by atoms with Crippen molar-refractivity contribution in [1.82, 2.24) is 9.97 Å². The van der Waals surface area contributed by atoms with Crippen LogP contribution >= 0.6 is 11.3 Å². The second-order valence-electron chi connectivity index (χ2n) is 3.40. The molecule has 0 aliphatic carbocycles. The van der Waals surface area contributed by atoms with Crippen LogP contribution in [0.5, 0.6) is 0 Å². The summed E-state index contributed by atoms with van der Waals surface area (Å²) in [4.78, 5) is 7.86. The van der Waals surface area contributed by atoms with Crippen LogP contribution in [0.15, 0.2) is 45.5 Å². The van der Waals surface area contributed by atoms with E-state index in [9.17, 15) is 8.42 Å². The molecule has 0 fully saturated rings. The number of oxazole rings is 1. The maximum Gasteiger partial charge on any atom is 0.265 e. The van der Waals surface area contributed by atoms with Crippen molar-refractivity contribution >= 4 is 37.6 Å². The Kier molecular flexibility index (Phi) is 2.53. The van der Waals surface area contributed by atoms with E-state index in [1.165, 1.54) is 30.0 Å². The fraction of sp³-hybridized carbons (Fsp3) is 0. The van der Waals surface area contributed by atoms with Gasteiger partial charge in [-0.05, 0) is 12.1 Å². The molecule has 92 valence electrons. The SMILES string of the molecule is O=S(=O)(Nc1nccs1)c1cccc2ocnc12. The lowest BCUT2D eigenvalue weighted by Crippen LogP contribution is -2.13. The van der Waals surface area contributed by atoms with Crippen LogP contribution in [0.25, 0.3) is 11.1 Å². The maximum atomic E-state index is 12.2. The molecule has 0 saturated heterocycles. The first-order chi connectivity index (χ1) is 8.67. The summed E-state index contributed by atoms with van der Waals surface area (Å²) in [5.41, 5.74) is 0.735. The van der Waals surface area contributed by atoms with Crippen molar-refractivity contribution in [3.63, 3.8) is 0 Å². The molecule has 2 aromatic heterocycles. The van der Waals surface area contributed by atoms with Gasteiger partial charge in [-0.25, -0.2) is 18.4 Å². The van der Waals surface area contributed by atoms with Crippen LogP contribution in [0.4, 0.5) is 5.13 Å². The second kappa shape index (κ2) is 4.07. The van der Waals surface area contributed by atoms with Crippen LogP contribution in [0, 0.1) is 0 Å². The zero-order chi connectivity index (χ0) is 12.6. The minimum absolute atomic E-state index is 0.0731. The molecule has 1 N–H and O–H groups in total. The van der Waals surface area contributed by atoms with Crippen LogP contribution in [-0.2, 0) is 10.0 Å². The number of hydrogen-bond acceptors (Lipinski definition) is 6. The topological polar surface area (TPSA) is 85.1 Å². The van der Waals surface area contributed by atoms with Gasteiger partial charge >= 0.3 is 0 Å². The lowest BCUT2D eigenvalue weighted by Gasteiger charge is -2.04. The Balaban J connectivity index is 2.11. The van der Waals surface area contributed by atoms with E-state index in [-0.39, 0.29) is 4.90 Å². The Bertz CT molecular complexity index is 778. The van der Waals surface area contributed by atoms with Crippen molar-refractivity contribution in [2.24, 2.45) is 0 Å². The van der Waals surface area contributed by atoms with Crippen LogP contribution in [-0.4, -0.2) is 18.4 Å². The highest BCUT2D eigenvalue weighted by Gasteiger charge is 2.20. The van der Waals surface area contributed by atoms with Gasteiger partial charge in [0.25, 0.3) is 10.0 Å². The number of nitrogens with one attached hydrogen (secondary N) is 1. The molecule has 0 spiro atoms. The Labute approximate surface area is 106 Å². The highest BCUT2D eigenvalue weighted by molar-refractivity contribution is 7.93. The summed E-state index contributed by atoms with van der Waals surface area (Å²) in [6, 6.07) is 4.73. The summed E-state index contributed by atoms with van der Waals surface area (Å²) >= 11 is 1.21. The van der Waals surface area contributed by atoms with Gasteiger partial charge in [-0.15, -0.1) is 11.3 Å². The molecular weight excluding hydrogens is 274 g/mol. The Morgan fingerprint density at radius 1 is 1.28 bits per heavy atom. The molecule has 3 rings (SSSR count). The van der Waals surface area contributed by atoms with Gasteiger partial charge in [-0.2, -0.15) is 0 Å². The Hall–Kier alpha value is -1.93. The largest absolute Gasteiger partial charge is 0.443 e. The maximum absolute atomic E-state index is 12.2. The van der Waals surface area contributed by atoms with Gasteiger partial charge in [0.2, 0.25) is 0 Å². The zero-order valence-electron chi connectivity index (χ0n) is 8.90. The molecule has 0 aliphatic rings. The summed E-state index contributed by atoms with van der Waals surface area (Å²) < 4.78 is 31.8. The van der Waals surface area contributed by atoms with E-state index in [4.69, 9.17) is 4.42 Å². The number of fused-ring (bicyclic) bond motifs is 1. The summed E-state index contributed by atoms with van der Waals surface area (Å²) in [6.45, 7) is 0. The molecule has 6 nitrogen and oxygen atoms in total. The van der Waals surface area contributed by atoms with E-state index < -0.39 is 10.0 Å². The third kappa shape index (κ3) is 1.85. The van der Waals surface area contributed by atoms with Gasteiger partial charge in [0.05, 0.1) is 0 Å². The molecule has 1 aromatic carbocycles. The summed E-state index contributed by atoms with van der Waals surface area (Å²) in [6.07, 6.45) is 2.74. The highest BCUT2D eigenvalue weighted by atomic mass is 32.2. The van der Waals surface area contributed by atoms with Gasteiger partial charge in [-0.3, -0.25) is 4.72 Å². The highest BCUT2D eigenvalue weighted by Crippen LogP contribution is 2.24. The number of thiazole rings is 1. The van der Waals surface area contributed by atoms with Gasteiger partial charge in [0.1, 0.15) is 10.4 Å². The molecule has 18 heavy (non-hydrogen) atoms. The van der Waals surface area contributed by atoms with Gasteiger partial charge < -0.3 is 4.42 Å². The number of para-hydroxylation sites is 1. The van der Waals surface area contributed by atoms with Crippen molar-refractivity contribution in [1.29, 1.82) is 0 Å². The lowest BCUT2D eigenvalue weighted by atomic mass is 10.3. The first-order valence-corrected chi connectivity index (χ1v) is 7.28. The molecule has 0 amide bonds. The first-order valence-electron chi connectivity index (χ1n) is 4.91. The predicted octanol–water partition coefficient (Wildman–Crippen LogP) is 2.09. The van der Waals surface area contributed by atoms with Crippen molar-refractivity contribution in [2.45, 2.75) is 4.90 Å². The fourth-order valence-electron chi connectivity index (χ4n) is 1.52. The molecule has 0 atom stereocenters. The second-order valence-corrected chi connectivity index (χ2v) is 5.94. The van der Waals surface area contributed by atoms with Crippen LogP contribution in [0.2, 0.25) is 0 Å². The summed E-state index contributed by atoms with van der Waals surface area (Å²) in [5, 5.41) is 2.00. The fourth-order valence-corrected chi connectivity index (χ4v) is 3.47. The monoisotopic (exact) mass is 281 g/mol. The van der Waals surface area contributed by atoms with E-state index in [0.717, 1.165) is 0 Å². The minimum Gasteiger partial charge on any atom is -0.443 e. The molecule has 0 aliphatic heterocycles. The number of anilines is 1. The number of aromatic nitrogens is 2. The van der Waals surface area contributed by atoms with Crippen LogP contribution in [0.1, 0.15) is 0 Å². The zero-order valence-corrected chi connectivity index (χ0v) is 10.5. The third-order valence-corrected chi connectivity index (χ3v) is 4.46. The molecule has 2 heterocycles. The van der Waals surface area contributed by atoms with Gasteiger partial charge in [-0.1, -0.05) is 6.07 Å². The number of benzene rings is 1. The van der Waals surface area contributed by atoms with E-state index >= 15 is 0 Å². The molecule has 3 aromatic rings. The van der Waals surface area contributed by atoms with E-state index in [1.54, 1.807) is 17.5 Å². The molecule has 0 bridgehead atoms. The van der Waals surface area contributed by atoms with E-state index in [0.29, 0.717) is 16.2 Å². The number of hydrogen-bond donors (Lipinski definition) is 1. The Morgan fingerprint density at radius 3 is 2.94 bits per heavy atom. The van der Waals surface area contributed by atoms with Crippen molar-refractivity contribution in [3.05, 3.63) is 36.2 Å². The smallest absolute Gasteiger partial charge is 0.265 e. The first kappa shape index (κ1) is 11.2. The average Bonchev–Trinajstić information content (AvgIpc) is 2.97. The van der Waals surface area contributed by atoms with Gasteiger partial charge in [0.15, 0.2) is 17.1 Å². The van der Waals surface area contributed by atoms with Crippen molar-refractivity contribution < 1.29 is 12.8 Å². The predicted molar refractivity (Wildman–Crippen MR) is 66.9 cm³/mol. The Morgan fingerprint density at radius 2 is 2.17 bits per heavy atom. The van der Waals surface area contributed by atoms with Crippen LogP contribution in [0.3, 0.4) is 0 Å².